The van der Waals surface area contributed by atoms with Crippen molar-refractivity contribution in [2.45, 2.75) is 26.2 Å². The normalized spacial score (nSPS) is 10.6. The van der Waals surface area contributed by atoms with Crippen molar-refractivity contribution in [3.8, 4) is 17.7 Å². The first-order chi connectivity index (χ1) is 10.4. The molecule has 1 N–H and O–H groups in total. The van der Waals surface area contributed by atoms with Crippen LogP contribution in [0.15, 0.2) is 36.5 Å². The fourth-order valence-corrected chi connectivity index (χ4v) is 1.98. The van der Waals surface area contributed by atoms with Gasteiger partial charge in [0.05, 0.1) is 23.5 Å². The Balaban J connectivity index is 2.32. The van der Waals surface area contributed by atoms with Gasteiger partial charge in [-0.05, 0) is 29.7 Å². The van der Waals surface area contributed by atoms with E-state index in [1.165, 1.54) is 6.20 Å². The van der Waals surface area contributed by atoms with Gasteiger partial charge in [0.15, 0.2) is 0 Å². The number of nitrogens with zero attached hydrogens (tertiary/aromatic N) is 2. The zero-order chi connectivity index (χ0) is 16.2. The molecule has 112 valence electrons. The average Bonchev–Trinajstić information content (AvgIpc) is 2.49. The summed E-state index contributed by atoms with van der Waals surface area (Å²) in [5, 5.41) is 11.6. The number of aromatic nitrogens is 1. The second-order valence-corrected chi connectivity index (χ2v) is 5.82. The number of hydrogen-bond acceptors (Lipinski definition) is 4. The van der Waals surface area contributed by atoms with Gasteiger partial charge in [-0.2, -0.15) is 5.26 Å². The number of nitriles is 1. The quantitative estimate of drug-likeness (QED) is 0.874. The lowest BCUT2D eigenvalue weighted by Crippen LogP contribution is -2.13. The Hall–Kier alpha value is -2.87. The van der Waals surface area contributed by atoms with E-state index in [1.807, 2.05) is 6.07 Å². The monoisotopic (exact) mass is 295 g/mol. The lowest BCUT2D eigenvalue weighted by molar-refractivity contribution is -0.105. The van der Waals surface area contributed by atoms with Crippen LogP contribution >= 0.6 is 0 Å². The van der Waals surface area contributed by atoms with Crippen molar-refractivity contribution in [3.63, 3.8) is 0 Å². The van der Waals surface area contributed by atoms with Gasteiger partial charge in [-0.1, -0.05) is 20.8 Å². The van der Waals surface area contributed by atoms with Gasteiger partial charge in [-0.25, -0.2) is 4.98 Å². The van der Waals surface area contributed by atoms with Gasteiger partial charge in [0.2, 0.25) is 12.3 Å². The maximum Gasteiger partial charge on any atom is 0.219 e. The molecule has 0 radical (unpaired) electrons. The highest BCUT2D eigenvalue weighted by Gasteiger charge is 2.20. The molecular formula is C17H17N3O2. The molecule has 2 rings (SSSR count). The van der Waals surface area contributed by atoms with E-state index in [1.54, 1.807) is 24.3 Å². The van der Waals surface area contributed by atoms with E-state index >= 15 is 0 Å². The third-order valence-electron chi connectivity index (χ3n) is 3.09. The number of anilines is 1. The Bertz CT molecular complexity index is 710. The lowest BCUT2D eigenvalue weighted by atomic mass is 9.85. The predicted molar refractivity (Wildman–Crippen MR) is 83.9 cm³/mol. The largest absolute Gasteiger partial charge is 0.439 e. The molecule has 0 saturated carbocycles. The van der Waals surface area contributed by atoms with Crippen molar-refractivity contribution >= 4 is 12.1 Å². The Labute approximate surface area is 129 Å². The van der Waals surface area contributed by atoms with E-state index in [2.05, 4.69) is 37.1 Å². The van der Waals surface area contributed by atoms with Crippen LogP contribution in [0, 0.1) is 11.3 Å². The van der Waals surface area contributed by atoms with Crippen LogP contribution in [-0.2, 0) is 10.2 Å². The highest BCUT2D eigenvalue weighted by atomic mass is 16.5. The van der Waals surface area contributed by atoms with E-state index in [0.717, 1.165) is 5.56 Å². The number of rotatable bonds is 4. The van der Waals surface area contributed by atoms with Gasteiger partial charge in [-0.15, -0.1) is 0 Å². The Morgan fingerprint density at radius 1 is 1.27 bits per heavy atom. The maximum absolute atomic E-state index is 10.4. The fourth-order valence-electron chi connectivity index (χ4n) is 1.98. The van der Waals surface area contributed by atoms with Crippen LogP contribution in [0.1, 0.15) is 31.9 Å². The molecule has 0 saturated heterocycles. The third-order valence-corrected chi connectivity index (χ3v) is 3.09. The first kappa shape index (κ1) is 15.5. The zero-order valence-corrected chi connectivity index (χ0v) is 12.8. The maximum atomic E-state index is 10.4. The van der Waals surface area contributed by atoms with E-state index in [-0.39, 0.29) is 5.41 Å². The molecule has 5 nitrogen and oxygen atoms in total. The SMILES string of the molecule is CC(C)(C)c1cc(C#N)ccc1Oc1ccc(NC=O)cn1. The van der Waals surface area contributed by atoms with E-state index in [0.29, 0.717) is 29.3 Å². The van der Waals surface area contributed by atoms with Crippen molar-refractivity contribution in [2.24, 2.45) is 0 Å². The van der Waals surface area contributed by atoms with E-state index in [9.17, 15) is 4.79 Å². The second-order valence-electron chi connectivity index (χ2n) is 5.82. The number of carbonyl (C=O) groups excluding carboxylic acids is 1. The smallest absolute Gasteiger partial charge is 0.219 e. The average molecular weight is 295 g/mol. The van der Waals surface area contributed by atoms with Gasteiger partial charge >= 0.3 is 0 Å². The van der Waals surface area contributed by atoms with Crippen LogP contribution < -0.4 is 10.1 Å². The minimum atomic E-state index is -0.165. The molecule has 22 heavy (non-hydrogen) atoms. The summed E-state index contributed by atoms with van der Waals surface area (Å²) in [6, 6.07) is 10.8. The summed E-state index contributed by atoms with van der Waals surface area (Å²) in [5.74, 6) is 1.08. The van der Waals surface area contributed by atoms with Gasteiger partial charge < -0.3 is 10.1 Å². The highest BCUT2D eigenvalue weighted by molar-refractivity contribution is 5.70. The van der Waals surface area contributed by atoms with E-state index in [4.69, 9.17) is 10.00 Å². The molecule has 1 aromatic heterocycles. The zero-order valence-electron chi connectivity index (χ0n) is 12.8. The number of benzene rings is 1. The van der Waals surface area contributed by atoms with Crippen molar-refractivity contribution < 1.29 is 9.53 Å². The molecule has 2 aromatic rings. The van der Waals surface area contributed by atoms with Gasteiger partial charge in [-0.3, -0.25) is 4.79 Å². The molecule has 0 aliphatic heterocycles. The number of pyridine rings is 1. The standard InChI is InChI=1S/C17H17N3O2/c1-17(2,3)14-8-12(9-18)4-6-15(14)22-16-7-5-13(10-19-16)20-11-21/h4-8,10-11H,1-3H3,(H,20,21). The molecule has 1 aromatic carbocycles. The number of nitrogens with one attached hydrogen (secondary N) is 1. The molecule has 0 aliphatic carbocycles. The van der Waals surface area contributed by atoms with Crippen LogP contribution in [0.4, 0.5) is 5.69 Å². The van der Waals surface area contributed by atoms with Gasteiger partial charge in [0.1, 0.15) is 5.75 Å². The summed E-state index contributed by atoms with van der Waals surface area (Å²) in [4.78, 5) is 14.5. The minimum absolute atomic E-state index is 0.165. The summed E-state index contributed by atoms with van der Waals surface area (Å²) >= 11 is 0. The molecule has 0 aliphatic rings. The molecule has 0 unspecified atom stereocenters. The summed E-state index contributed by atoms with van der Waals surface area (Å²) in [7, 11) is 0. The Morgan fingerprint density at radius 3 is 2.59 bits per heavy atom. The van der Waals surface area contributed by atoms with Crippen LogP contribution in [0.2, 0.25) is 0 Å². The first-order valence-electron chi connectivity index (χ1n) is 6.83. The number of hydrogen-bond donors (Lipinski definition) is 1. The summed E-state index contributed by atoms with van der Waals surface area (Å²) < 4.78 is 5.83. The summed E-state index contributed by atoms with van der Waals surface area (Å²) in [6.07, 6.45) is 2.11. The van der Waals surface area contributed by atoms with Crippen LogP contribution in [0.3, 0.4) is 0 Å². The van der Waals surface area contributed by atoms with Crippen LogP contribution in [-0.4, -0.2) is 11.4 Å². The molecule has 5 heteroatoms. The van der Waals surface area contributed by atoms with Crippen LogP contribution in [0.25, 0.3) is 0 Å². The van der Waals surface area contributed by atoms with Crippen molar-refractivity contribution in [3.05, 3.63) is 47.7 Å². The number of carbonyl (C=O) groups is 1. The number of ether oxygens (including phenoxy) is 1. The Morgan fingerprint density at radius 2 is 2.05 bits per heavy atom. The molecule has 1 heterocycles. The summed E-state index contributed by atoms with van der Waals surface area (Å²) in [6.45, 7) is 6.17. The fraction of sp³-hybridized carbons (Fsp3) is 0.235. The topological polar surface area (TPSA) is 75.0 Å². The predicted octanol–water partition coefficient (Wildman–Crippen LogP) is 3.61. The molecule has 0 fully saturated rings. The molecule has 0 bridgehead atoms. The molecule has 1 amide bonds. The summed E-state index contributed by atoms with van der Waals surface area (Å²) in [5.41, 5.74) is 1.96. The molecule has 0 atom stereocenters. The first-order valence-corrected chi connectivity index (χ1v) is 6.83. The van der Waals surface area contributed by atoms with Crippen molar-refractivity contribution in [1.82, 2.24) is 4.98 Å². The second kappa shape index (κ2) is 6.27. The number of amides is 1. The lowest BCUT2D eigenvalue weighted by Gasteiger charge is -2.22. The minimum Gasteiger partial charge on any atom is -0.439 e. The van der Waals surface area contributed by atoms with Crippen LogP contribution in [0.5, 0.6) is 11.6 Å². The third kappa shape index (κ3) is 3.61. The molecular weight excluding hydrogens is 278 g/mol. The van der Waals surface area contributed by atoms with Gasteiger partial charge in [0, 0.05) is 11.6 Å². The highest BCUT2D eigenvalue weighted by Crippen LogP contribution is 2.34. The molecule has 0 spiro atoms. The van der Waals surface area contributed by atoms with Crippen molar-refractivity contribution in [2.75, 3.05) is 5.32 Å². The van der Waals surface area contributed by atoms with E-state index < -0.39 is 0 Å². The van der Waals surface area contributed by atoms with Crippen molar-refractivity contribution in [1.29, 1.82) is 5.26 Å². The van der Waals surface area contributed by atoms with Gasteiger partial charge in [0.25, 0.3) is 0 Å². The Kier molecular flexibility index (Phi) is 4.42.